The van der Waals surface area contributed by atoms with Gasteiger partial charge in [0, 0.05) is 25.8 Å². The maximum atomic E-state index is 14.1. The van der Waals surface area contributed by atoms with Gasteiger partial charge in [0.25, 0.3) is 6.47 Å². The average Bonchev–Trinajstić information content (AvgIpc) is 2.77. The van der Waals surface area contributed by atoms with Crippen molar-refractivity contribution in [1.82, 2.24) is 10.3 Å². The first-order valence-corrected chi connectivity index (χ1v) is 10.5. The van der Waals surface area contributed by atoms with Gasteiger partial charge in [-0.15, -0.1) is 0 Å². The average molecular weight is 426 g/mol. The molecule has 4 rings (SSSR count). The lowest BCUT2D eigenvalue weighted by Gasteiger charge is -2.50. The Morgan fingerprint density at radius 3 is 2.61 bits per heavy atom. The Hall–Kier alpha value is -3.22. The van der Waals surface area contributed by atoms with Crippen molar-refractivity contribution in [1.29, 1.82) is 0 Å². The predicted molar refractivity (Wildman–Crippen MR) is 117 cm³/mol. The number of allylic oxidation sites excluding steroid dienone is 1. The lowest BCUT2D eigenvalue weighted by molar-refractivity contribution is -0.132. The molecule has 0 radical (unpaired) electrons. The monoisotopic (exact) mass is 425 g/mol. The summed E-state index contributed by atoms with van der Waals surface area (Å²) in [6.07, 6.45) is 10.3. The molecule has 2 aromatic rings. The number of anilines is 1. The number of carboxylic acid groups (broad SMARTS) is 1. The van der Waals surface area contributed by atoms with Crippen molar-refractivity contribution >= 4 is 18.1 Å². The van der Waals surface area contributed by atoms with Crippen LogP contribution in [0.2, 0.25) is 0 Å². The zero-order chi connectivity index (χ0) is 22.1. The summed E-state index contributed by atoms with van der Waals surface area (Å²) in [7, 11) is 0. The lowest BCUT2D eigenvalue weighted by atomic mass is 9.73. The molecule has 0 spiro atoms. The van der Waals surface area contributed by atoms with E-state index in [2.05, 4.69) is 16.4 Å². The first kappa shape index (κ1) is 22.5. The summed E-state index contributed by atoms with van der Waals surface area (Å²) in [6.45, 7) is 1.39. The molecule has 31 heavy (non-hydrogen) atoms. The summed E-state index contributed by atoms with van der Waals surface area (Å²) in [4.78, 5) is 27.3. The third-order valence-electron chi connectivity index (χ3n) is 5.81. The first-order valence-electron chi connectivity index (χ1n) is 10.5. The summed E-state index contributed by atoms with van der Waals surface area (Å²) in [6, 6.07) is 11.7. The number of amides is 1. The number of carbonyl (C=O) groups excluding carboxylic acids is 1. The Labute approximate surface area is 181 Å². The second-order valence-corrected chi connectivity index (χ2v) is 8.02. The smallest absolute Gasteiger partial charge is 0.290 e. The van der Waals surface area contributed by atoms with Crippen LogP contribution in [-0.2, 0) is 16.0 Å². The van der Waals surface area contributed by atoms with Crippen LogP contribution < -0.4 is 10.2 Å². The molecule has 1 aliphatic heterocycles. The molecule has 1 amide bonds. The number of hydrogen-bond acceptors (Lipinski definition) is 4. The van der Waals surface area contributed by atoms with Gasteiger partial charge < -0.3 is 15.3 Å². The Balaban J connectivity index is 0.000000858. The van der Waals surface area contributed by atoms with Crippen molar-refractivity contribution in [2.24, 2.45) is 5.41 Å². The van der Waals surface area contributed by atoms with Gasteiger partial charge >= 0.3 is 0 Å². The number of rotatable bonds is 6. The van der Waals surface area contributed by atoms with E-state index in [9.17, 15) is 9.18 Å². The molecule has 2 heterocycles. The van der Waals surface area contributed by atoms with Crippen LogP contribution in [0.1, 0.15) is 31.2 Å². The zero-order valence-electron chi connectivity index (χ0n) is 17.5. The number of benzene rings is 1. The molecule has 2 N–H and O–H groups in total. The quantitative estimate of drug-likeness (QED) is 0.546. The van der Waals surface area contributed by atoms with Crippen LogP contribution >= 0.6 is 0 Å². The maximum absolute atomic E-state index is 14.1. The molecular weight excluding hydrogens is 397 g/mol. The molecule has 1 aromatic carbocycles. The zero-order valence-corrected chi connectivity index (χ0v) is 17.5. The van der Waals surface area contributed by atoms with Crippen LogP contribution in [0, 0.1) is 11.2 Å². The van der Waals surface area contributed by atoms with Crippen molar-refractivity contribution in [3.8, 4) is 0 Å². The molecule has 2 aliphatic rings. The van der Waals surface area contributed by atoms with Gasteiger partial charge in [-0.05, 0) is 43.7 Å². The highest BCUT2D eigenvalue weighted by molar-refractivity contribution is 5.87. The van der Waals surface area contributed by atoms with Crippen LogP contribution in [0.25, 0.3) is 0 Å². The van der Waals surface area contributed by atoms with Gasteiger partial charge in [-0.1, -0.05) is 42.0 Å². The summed E-state index contributed by atoms with van der Waals surface area (Å²) in [5, 5.41) is 10.1. The molecule has 1 saturated heterocycles. The van der Waals surface area contributed by atoms with Gasteiger partial charge in [-0.2, -0.15) is 0 Å². The molecule has 0 unspecified atom stereocenters. The third kappa shape index (κ3) is 5.69. The number of nitrogens with one attached hydrogen (secondary N) is 1. The van der Waals surface area contributed by atoms with Crippen molar-refractivity contribution in [2.75, 3.05) is 24.5 Å². The Morgan fingerprint density at radius 2 is 1.97 bits per heavy atom. The highest BCUT2D eigenvalue weighted by Gasteiger charge is 2.49. The number of carbonyl (C=O) groups is 2. The van der Waals surface area contributed by atoms with Crippen molar-refractivity contribution in [2.45, 2.75) is 32.1 Å². The van der Waals surface area contributed by atoms with E-state index >= 15 is 0 Å². The van der Waals surface area contributed by atoms with E-state index in [4.69, 9.17) is 9.90 Å². The summed E-state index contributed by atoms with van der Waals surface area (Å²) >= 11 is 0. The minimum absolute atomic E-state index is 0.0635. The van der Waals surface area contributed by atoms with Crippen LogP contribution in [0.5, 0.6) is 0 Å². The highest BCUT2D eigenvalue weighted by Crippen LogP contribution is 2.38. The second kappa shape index (κ2) is 10.7. The number of pyridine rings is 1. The van der Waals surface area contributed by atoms with Gasteiger partial charge in [-0.3, -0.25) is 14.6 Å². The molecule has 7 heteroatoms. The Bertz CT molecular complexity index is 911. The van der Waals surface area contributed by atoms with Gasteiger partial charge in [0.2, 0.25) is 5.91 Å². The maximum Gasteiger partial charge on any atom is 0.290 e. The number of nitrogens with zero attached hydrogens (tertiary/aromatic N) is 2. The van der Waals surface area contributed by atoms with Gasteiger partial charge in [0.05, 0.1) is 17.3 Å². The Morgan fingerprint density at radius 1 is 1.23 bits per heavy atom. The van der Waals surface area contributed by atoms with E-state index in [1.165, 1.54) is 24.6 Å². The molecule has 0 bridgehead atoms. The van der Waals surface area contributed by atoms with E-state index in [-0.39, 0.29) is 18.2 Å². The third-order valence-corrected chi connectivity index (χ3v) is 5.81. The minimum atomic E-state index is -0.535. The predicted octanol–water partition coefficient (Wildman–Crippen LogP) is 3.59. The molecular formula is C24H28FN3O3. The largest absolute Gasteiger partial charge is 0.483 e. The first-order chi connectivity index (χ1) is 15.1. The van der Waals surface area contributed by atoms with Crippen LogP contribution in [0.4, 0.5) is 10.1 Å². The minimum Gasteiger partial charge on any atom is -0.483 e. The Kier molecular flexibility index (Phi) is 7.76. The van der Waals surface area contributed by atoms with Gasteiger partial charge in [-0.25, -0.2) is 4.39 Å². The molecule has 164 valence electrons. The summed E-state index contributed by atoms with van der Waals surface area (Å²) < 4.78 is 14.1. The fraction of sp³-hybridized carbons (Fsp3) is 0.375. The van der Waals surface area contributed by atoms with E-state index < -0.39 is 5.41 Å². The molecule has 1 fully saturated rings. The van der Waals surface area contributed by atoms with Crippen LogP contribution in [-0.4, -0.2) is 42.1 Å². The lowest BCUT2D eigenvalue weighted by Crippen LogP contribution is -2.64. The number of hydrogen-bond donors (Lipinski definition) is 2. The van der Waals surface area contributed by atoms with Gasteiger partial charge in [0.15, 0.2) is 5.82 Å². The van der Waals surface area contributed by atoms with E-state index in [1.807, 2.05) is 35.2 Å². The summed E-state index contributed by atoms with van der Waals surface area (Å²) in [5.74, 6) is -0.280. The molecule has 0 atom stereocenters. The molecule has 6 nitrogen and oxygen atoms in total. The second-order valence-electron chi connectivity index (χ2n) is 8.02. The van der Waals surface area contributed by atoms with Crippen LogP contribution in [0.15, 0.2) is 60.4 Å². The number of aromatic nitrogens is 1. The standard InChI is InChI=1S/C23H26FN3O.CH2O2/c24-20-15-25-12-11-21(20)27-16-23(17-27,13-18-7-3-1-4-8-18)22(28)26-14-19-9-5-2-6-10-19;2-1-3/h1,3-4,7-9,11-12,15H,2,5-6,10,13-14,16-17H2,(H,26,28);1H,(H,2,3). The molecule has 0 saturated carbocycles. The fourth-order valence-corrected chi connectivity index (χ4v) is 4.25. The van der Waals surface area contributed by atoms with Crippen LogP contribution in [0.3, 0.4) is 0 Å². The highest BCUT2D eigenvalue weighted by atomic mass is 19.1. The normalized spacial score (nSPS) is 16.8. The van der Waals surface area contributed by atoms with Crippen molar-refractivity contribution < 1.29 is 19.1 Å². The van der Waals surface area contributed by atoms with Crippen molar-refractivity contribution in [3.63, 3.8) is 0 Å². The molecule has 1 aliphatic carbocycles. The summed E-state index contributed by atoms with van der Waals surface area (Å²) in [5.41, 5.74) is 2.43. The SMILES string of the molecule is O=C(NCC1=CCCCC1)C1(Cc2ccccc2)CN(c2ccncc2F)C1.O=CO. The van der Waals surface area contributed by atoms with E-state index in [0.717, 1.165) is 18.4 Å². The van der Waals surface area contributed by atoms with Crippen molar-refractivity contribution in [3.05, 3.63) is 71.8 Å². The van der Waals surface area contributed by atoms with Gasteiger partial charge in [0.1, 0.15) is 0 Å². The van der Waals surface area contributed by atoms with E-state index in [1.54, 1.807) is 12.3 Å². The van der Waals surface area contributed by atoms with E-state index in [0.29, 0.717) is 31.7 Å². The molecule has 1 aromatic heterocycles. The number of halogens is 1. The fourth-order valence-electron chi connectivity index (χ4n) is 4.25. The topological polar surface area (TPSA) is 82.5 Å².